The van der Waals surface area contributed by atoms with E-state index in [1.807, 2.05) is 19.2 Å². The van der Waals surface area contributed by atoms with Gasteiger partial charge >= 0.3 is 0 Å². The van der Waals surface area contributed by atoms with Crippen LogP contribution in [0.3, 0.4) is 0 Å². The van der Waals surface area contributed by atoms with Crippen LogP contribution in [-0.2, 0) is 6.54 Å². The zero-order chi connectivity index (χ0) is 13.3. The van der Waals surface area contributed by atoms with E-state index in [1.165, 1.54) is 16.7 Å². The van der Waals surface area contributed by atoms with Gasteiger partial charge in [0.1, 0.15) is 0 Å². The molecule has 0 radical (unpaired) electrons. The molecule has 94 valence electrons. The van der Waals surface area contributed by atoms with E-state index in [4.69, 9.17) is 0 Å². The predicted molar refractivity (Wildman–Crippen MR) is 74.2 cm³/mol. The Bertz CT molecular complexity index is 593. The van der Waals surface area contributed by atoms with Gasteiger partial charge < -0.3 is 4.57 Å². The number of rotatable bonds is 3. The first kappa shape index (κ1) is 12.6. The summed E-state index contributed by atoms with van der Waals surface area (Å²) in [6, 6.07) is 8.39. The summed E-state index contributed by atoms with van der Waals surface area (Å²) in [6.45, 7) is 8.67. The Hall–Kier alpha value is -1.83. The van der Waals surface area contributed by atoms with Gasteiger partial charge in [0.15, 0.2) is 5.78 Å². The lowest BCUT2D eigenvalue weighted by Gasteiger charge is -2.10. The molecule has 1 aromatic heterocycles. The van der Waals surface area contributed by atoms with Crippen molar-refractivity contribution in [2.75, 3.05) is 0 Å². The van der Waals surface area contributed by atoms with Crippen molar-refractivity contribution in [3.8, 4) is 0 Å². The summed E-state index contributed by atoms with van der Waals surface area (Å²) < 4.78 is 2.14. The Morgan fingerprint density at radius 1 is 1.17 bits per heavy atom. The molecule has 1 heterocycles. The number of hydrogen-bond acceptors (Lipinski definition) is 1. The van der Waals surface area contributed by atoms with Crippen molar-refractivity contribution >= 4 is 5.78 Å². The summed E-state index contributed by atoms with van der Waals surface area (Å²) in [5.74, 6) is 0.132. The monoisotopic (exact) mass is 241 g/mol. The molecule has 0 N–H and O–H groups in total. The smallest absolute Gasteiger partial charge is 0.161 e. The van der Waals surface area contributed by atoms with Crippen molar-refractivity contribution in [3.63, 3.8) is 0 Å². The molecule has 0 atom stereocenters. The molecule has 2 aromatic rings. The number of nitrogens with zero attached hydrogens (tertiary/aromatic N) is 1. The van der Waals surface area contributed by atoms with Crippen LogP contribution in [0.1, 0.15) is 39.7 Å². The van der Waals surface area contributed by atoms with Gasteiger partial charge in [0.2, 0.25) is 0 Å². The quantitative estimate of drug-likeness (QED) is 0.752. The number of carbonyl (C=O) groups excluding carboxylic acids is 1. The highest BCUT2D eigenvalue weighted by atomic mass is 16.1. The summed E-state index contributed by atoms with van der Waals surface area (Å²) in [5.41, 5.74) is 5.73. The van der Waals surface area contributed by atoms with E-state index in [9.17, 15) is 4.79 Å². The molecular weight excluding hydrogens is 222 g/mol. The van der Waals surface area contributed by atoms with Gasteiger partial charge in [-0.1, -0.05) is 23.8 Å². The fourth-order valence-corrected chi connectivity index (χ4v) is 2.25. The van der Waals surface area contributed by atoms with Gasteiger partial charge in [0.05, 0.1) is 0 Å². The number of hydrogen-bond donors (Lipinski definition) is 0. The van der Waals surface area contributed by atoms with Crippen LogP contribution in [0.15, 0.2) is 30.5 Å². The number of aromatic nitrogens is 1. The van der Waals surface area contributed by atoms with Crippen molar-refractivity contribution < 1.29 is 4.79 Å². The Kier molecular flexibility index (Phi) is 3.37. The molecule has 0 aliphatic rings. The molecule has 0 amide bonds. The molecule has 0 fully saturated rings. The fourth-order valence-electron chi connectivity index (χ4n) is 2.25. The number of carbonyl (C=O) groups is 1. The van der Waals surface area contributed by atoms with Crippen LogP contribution in [-0.4, -0.2) is 10.4 Å². The second-order valence-electron chi connectivity index (χ2n) is 4.93. The van der Waals surface area contributed by atoms with E-state index in [-0.39, 0.29) is 5.78 Å². The van der Waals surface area contributed by atoms with Crippen LogP contribution in [0, 0.1) is 20.8 Å². The molecule has 0 bridgehead atoms. The Balaban J connectivity index is 2.34. The largest absolute Gasteiger partial charge is 0.347 e. The fraction of sp³-hybridized carbons (Fsp3) is 0.312. The lowest BCUT2D eigenvalue weighted by Crippen LogP contribution is -2.04. The van der Waals surface area contributed by atoms with E-state index in [0.29, 0.717) is 0 Å². The summed E-state index contributed by atoms with van der Waals surface area (Å²) in [7, 11) is 0. The van der Waals surface area contributed by atoms with Crippen LogP contribution in [0.4, 0.5) is 0 Å². The molecule has 0 unspecified atom stereocenters. The molecule has 0 saturated carbocycles. The highest BCUT2D eigenvalue weighted by Gasteiger charge is 2.09. The molecule has 2 nitrogen and oxygen atoms in total. The number of benzene rings is 1. The van der Waals surface area contributed by atoms with Gasteiger partial charge in [-0.3, -0.25) is 4.79 Å². The third kappa shape index (κ3) is 2.37. The minimum Gasteiger partial charge on any atom is -0.347 e. The van der Waals surface area contributed by atoms with E-state index in [2.05, 4.69) is 36.6 Å². The van der Waals surface area contributed by atoms with Crippen molar-refractivity contribution in [3.05, 3.63) is 58.4 Å². The van der Waals surface area contributed by atoms with Gasteiger partial charge in [-0.15, -0.1) is 0 Å². The Morgan fingerprint density at radius 3 is 2.50 bits per heavy atom. The van der Waals surface area contributed by atoms with Crippen LogP contribution in [0.5, 0.6) is 0 Å². The van der Waals surface area contributed by atoms with Gasteiger partial charge in [-0.2, -0.15) is 0 Å². The second-order valence-corrected chi connectivity index (χ2v) is 4.93. The molecule has 1 aromatic carbocycles. The first-order chi connectivity index (χ1) is 8.49. The Morgan fingerprint density at radius 2 is 1.89 bits per heavy atom. The highest BCUT2D eigenvalue weighted by molar-refractivity contribution is 5.95. The molecule has 0 aliphatic carbocycles. The van der Waals surface area contributed by atoms with E-state index < -0.39 is 0 Å². The zero-order valence-electron chi connectivity index (χ0n) is 11.4. The molecule has 0 aliphatic heterocycles. The predicted octanol–water partition coefficient (Wildman–Crippen LogP) is 3.66. The second kappa shape index (κ2) is 4.81. The number of aryl methyl sites for hydroxylation is 2. The van der Waals surface area contributed by atoms with Gasteiger partial charge in [-0.25, -0.2) is 0 Å². The molecular formula is C16H19NO. The maximum absolute atomic E-state index is 11.4. The molecule has 18 heavy (non-hydrogen) atoms. The van der Waals surface area contributed by atoms with Gasteiger partial charge in [0, 0.05) is 24.0 Å². The Labute approximate surface area is 108 Å². The maximum Gasteiger partial charge on any atom is 0.161 e. The first-order valence-electron chi connectivity index (χ1n) is 6.22. The average molecular weight is 241 g/mol. The third-order valence-corrected chi connectivity index (χ3v) is 3.47. The van der Waals surface area contributed by atoms with Crippen LogP contribution < -0.4 is 0 Å². The standard InChI is InChI=1S/C16H19NO/c1-11-5-6-12(2)15(9-11)10-17-8-7-16(13(17)3)14(4)18/h5-9H,10H2,1-4H3. The molecule has 2 rings (SSSR count). The first-order valence-corrected chi connectivity index (χ1v) is 6.22. The summed E-state index contributed by atoms with van der Waals surface area (Å²) in [5, 5.41) is 0. The molecule has 0 saturated heterocycles. The van der Waals surface area contributed by atoms with Crippen molar-refractivity contribution in [2.45, 2.75) is 34.2 Å². The molecule has 2 heteroatoms. The lowest BCUT2D eigenvalue weighted by atomic mass is 10.1. The minimum absolute atomic E-state index is 0.132. The maximum atomic E-state index is 11.4. The van der Waals surface area contributed by atoms with Gasteiger partial charge in [0.25, 0.3) is 0 Å². The summed E-state index contributed by atoms with van der Waals surface area (Å²) in [6.07, 6.45) is 1.99. The number of Topliss-reactive ketones (excluding diaryl/α,β-unsaturated/α-hetero) is 1. The van der Waals surface area contributed by atoms with Crippen LogP contribution in [0.2, 0.25) is 0 Å². The summed E-state index contributed by atoms with van der Waals surface area (Å²) >= 11 is 0. The third-order valence-electron chi connectivity index (χ3n) is 3.47. The van der Waals surface area contributed by atoms with Crippen molar-refractivity contribution in [1.82, 2.24) is 4.57 Å². The normalized spacial score (nSPS) is 10.7. The van der Waals surface area contributed by atoms with Crippen LogP contribution >= 0.6 is 0 Å². The topological polar surface area (TPSA) is 22.0 Å². The average Bonchev–Trinajstić information content (AvgIpc) is 2.66. The van der Waals surface area contributed by atoms with Crippen molar-refractivity contribution in [1.29, 1.82) is 0 Å². The SMILES string of the molecule is CC(=O)c1ccn(Cc2cc(C)ccc2C)c1C. The highest BCUT2D eigenvalue weighted by Crippen LogP contribution is 2.16. The zero-order valence-corrected chi connectivity index (χ0v) is 11.4. The molecule has 0 spiro atoms. The van der Waals surface area contributed by atoms with Crippen molar-refractivity contribution in [2.24, 2.45) is 0 Å². The van der Waals surface area contributed by atoms with E-state index in [1.54, 1.807) is 6.92 Å². The number of ketones is 1. The summed E-state index contributed by atoms with van der Waals surface area (Å²) in [4.78, 5) is 11.4. The van der Waals surface area contributed by atoms with Crippen LogP contribution in [0.25, 0.3) is 0 Å². The van der Waals surface area contributed by atoms with E-state index >= 15 is 0 Å². The lowest BCUT2D eigenvalue weighted by molar-refractivity contribution is 0.101. The van der Waals surface area contributed by atoms with E-state index in [0.717, 1.165) is 17.8 Å². The minimum atomic E-state index is 0.132. The van der Waals surface area contributed by atoms with Gasteiger partial charge in [-0.05, 0) is 44.9 Å².